The van der Waals surface area contributed by atoms with E-state index in [1.807, 2.05) is 6.07 Å². The first-order chi connectivity index (χ1) is 11.1. The van der Waals surface area contributed by atoms with Crippen LogP contribution in [0.5, 0.6) is 11.5 Å². The summed E-state index contributed by atoms with van der Waals surface area (Å²) in [5.41, 5.74) is 1.41. The summed E-state index contributed by atoms with van der Waals surface area (Å²) in [6.45, 7) is 1.65. The zero-order chi connectivity index (χ0) is 16.4. The standard InChI is InChI=1S/C18H25NO4/c1-19-9-8-18(7-6-14(23-12-20)11-17(18)19)13-4-5-15(21-2)16(10-13)22-3/h4-5,10,12,14,17H,6-9,11H2,1-3H3. The number of rotatable bonds is 5. The summed E-state index contributed by atoms with van der Waals surface area (Å²) >= 11 is 0. The number of carbonyl (C=O) groups is 1. The summed E-state index contributed by atoms with van der Waals surface area (Å²) in [7, 11) is 5.49. The van der Waals surface area contributed by atoms with Crippen LogP contribution in [0, 0.1) is 0 Å². The van der Waals surface area contributed by atoms with Gasteiger partial charge in [0.25, 0.3) is 6.47 Å². The van der Waals surface area contributed by atoms with Crippen LogP contribution in [0.3, 0.4) is 0 Å². The molecule has 1 aliphatic heterocycles. The minimum atomic E-state index is 0.0336. The third kappa shape index (κ3) is 2.67. The molecule has 3 rings (SSSR count). The predicted octanol–water partition coefficient (Wildman–Crippen LogP) is 2.37. The lowest BCUT2D eigenvalue weighted by Crippen LogP contribution is -2.47. The Morgan fingerprint density at radius 1 is 1.22 bits per heavy atom. The summed E-state index contributed by atoms with van der Waals surface area (Å²) in [5, 5.41) is 0. The van der Waals surface area contributed by atoms with Crippen molar-refractivity contribution in [1.29, 1.82) is 0 Å². The minimum Gasteiger partial charge on any atom is -0.493 e. The van der Waals surface area contributed by atoms with E-state index in [-0.39, 0.29) is 11.5 Å². The van der Waals surface area contributed by atoms with Crippen molar-refractivity contribution in [3.8, 4) is 11.5 Å². The molecule has 1 aromatic carbocycles. The van der Waals surface area contributed by atoms with E-state index < -0.39 is 0 Å². The van der Waals surface area contributed by atoms with Crippen molar-refractivity contribution in [2.24, 2.45) is 0 Å². The fraction of sp³-hybridized carbons (Fsp3) is 0.611. The highest BCUT2D eigenvalue weighted by molar-refractivity contribution is 5.46. The van der Waals surface area contributed by atoms with E-state index >= 15 is 0 Å². The first kappa shape index (κ1) is 16.1. The maximum absolute atomic E-state index is 10.7. The largest absolute Gasteiger partial charge is 0.493 e. The predicted molar refractivity (Wildman–Crippen MR) is 87.0 cm³/mol. The van der Waals surface area contributed by atoms with Gasteiger partial charge in [0.2, 0.25) is 0 Å². The SMILES string of the molecule is COc1ccc(C23CCC(OC=O)CC2N(C)CC3)cc1OC. The van der Waals surface area contributed by atoms with Gasteiger partial charge in [-0.3, -0.25) is 4.79 Å². The van der Waals surface area contributed by atoms with Gasteiger partial charge in [-0.25, -0.2) is 0 Å². The Kier molecular flexibility index (Phi) is 4.48. The van der Waals surface area contributed by atoms with Crippen molar-refractivity contribution in [3.05, 3.63) is 23.8 Å². The molecule has 1 saturated heterocycles. The van der Waals surface area contributed by atoms with Crippen molar-refractivity contribution in [2.75, 3.05) is 27.8 Å². The summed E-state index contributed by atoms with van der Waals surface area (Å²) < 4.78 is 16.1. The second-order valence-corrected chi connectivity index (χ2v) is 6.60. The van der Waals surface area contributed by atoms with Crippen molar-refractivity contribution in [2.45, 2.75) is 43.2 Å². The van der Waals surface area contributed by atoms with Crippen molar-refractivity contribution < 1.29 is 19.0 Å². The van der Waals surface area contributed by atoms with Gasteiger partial charge in [0.05, 0.1) is 14.2 Å². The molecule has 5 nitrogen and oxygen atoms in total. The molecule has 23 heavy (non-hydrogen) atoms. The number of methoxy groups -OCH3 is 2. The Balaban J connectivity index is 1.95. The van der Waals surface area contributed by atoms with Crippen molar-refractivity contribution in [1.82, 2.24) is 4.90 Å². The molecule has 0 spiro atoms. The lowest BCUT2D eigenvalue weighted by atomic mass is 9.65. The van der Waals surface area contributed by atoms with E-state index in [4.69, 9.17) is 14.2 Å². The van der Waals surface area contributed by atoms with Gasteiger partial charge in [-0.15, -0.1) is 0 Å². The number of hydrogen-bond donors (Lipinski definition) is 0. The average Bonchev–Trinajstić information content (AvgIpc) is 2.92. The molecule has 1 aliphatic carbocycles. The third-order valence-corrected chi connectivity index (χ3v) is 5.69. The van der Waals surface area contributed by atoms with Gasteiger partial charge >= 0.3 is 0 Å². The molecule has 3 unspecified atom stereocenters. The topological polar surface area (TPSA) is 48.0 Å². The van der Waals surface area contributed by atoms with E-state index in [0.717, 1.165) is 43.7 Å². The third-order valence-electron chi connectivity index (χ3n) is 5.69. The zero-order valence-corrected chi connectivity index (χ0v) is 14.1. The lowest BCUT2D eigenvalue weighted by Gasteiger charge is -2.44. The number of ether oxygens (including phenoxy) is 3. The average molecular weight is 319 g/mol. The second-order valence-electron chi connectivity index (χ2n) is 6.60. The van der Waals surface area contributed by atoms with Gasteiger partial charge in [-0.2, -0.15) is 0 Å². The molecular formula is C18H25NO4. The van der Waals surface area contributed by atoms with E-state index in [2.05, 4.69) is 24.1 Å². The number of benzene rings is 1. The van der Waals surface area contributed by atoms with E-state index in [1.165, 1.54) is 5.56 Å². The Morgan fingerprint density at radius 3 is 2.70 bits per heavy atom. The van der Waals surface area contributed by atoms with Crippen LogP contribution in [0.15, 0.2) is 18.2 Å². The van der Waals surface area contributed by atoms with Gasteiger partial charge < -0.3 is 19.1 Å². The highest BCUT2D eigenvalue weighted by Crippen LogP contribution is 2.50. The lowest BCUT2D eigenvalue weighted by molar-refractivity contribution is -0.136. The van der Waals surface area contributed by atoms with Crippen LogP contribution in [0.4, 0.5) is 0 Å². The Bertz CT molecular complexity index is 576. The quantitative estimate of drug-likeness (QED) is 0.780. The molecular weight excluding hydrogens is 294 g/mol. The van der Waals surface area contributed by atoms with Crippen LogP contribution in [0.1, 0.15) is 31.2 Å². The molecule has 5 heteroatoms. The van der Waals surface area contributed by atoms with Crippen LogP contribution in [-0.2, 0) is 14.9 Å². The summed E-state index contributed by atoms with van der Waals surface area (Å²) in [6, 6.07) is 6.66. The van der Waals surface area contributed by atoms with Gasteiger partial charge in [0, 0.05) is 17.9 Å². The first-order valence-electron chi connectivity index (χ1n) is 8.16. The van der Waals surface area contributed by atoms with Gasteiger partial charge in [0.15, 0.2) is 11.5 Å². The van der Waals surface area contributed by atoms with Gasteiger partial charge in [0.1, 0.15) is 6.10 Å². The second kappa shape index (κ2) is 6.40. The Hall–Kier alpha value is -1.75. The molecule has 1 aromatic rings. The normalized spacial score (nSPS) is 30.6. The Labute approximate surface area is 137 Å². The van der Waals surface area contributed by atoms with Gasteiger partial charge in [-0.1, -0.05) is 6.07 Å². The summed E-state index contributed by atoms with van der Waals surface area (Å²) in [6.07, 6.45) is 3.99. The molecule has 2 aliphatic rings. The van der Waals surface area contributed by atoms with Crippen LogP contribution in [0.2, 0.25) is 0 Å². The fourth-order valence-electron chi connectivity index (χ4n) is 4.43. The highest BCUT2D eigenvalue weighted by atomic mass is 16.5. The van der Waals surface area contributed by atoms with Crippen LogP contribution < -0.4 is 9.47 Å². The molecule has 3 atom stereocenters. The number of fused-ring (bicyclic) bond motifs is 1. The van der Waals surface area contributed by atoms with Crippen molar-refractivity contribution >= 4 is 6.47 Å². The number of likely N-dealkylation sites (N-methyl/N-ethyl adjacent to an activating group) is 1. The monoisotopic (exact) mass is 319 g/mol. The molecule has 0 bridgehead atoms. The molecule has 0 N–H and O–H groups in total. The summed E-state index contributed by atoms with van der Waals surface area (Å²) in [4.78, 5) is 13.1. The van der Waals surface area contributed by atoms with Crippen molar-refractivity contribution in [3.63, 3.8) is 0 Å². The molecule has 1 heterocycles. The van der Waals surface area contributed by atoms with E-state index in [9.17, 15) is 4.79 Å². The van der Waals surface area contributed by atoms with E-state index in [0.29, 0.717) is 12.5 Å². The highest BCUT2D eigenvalue weighted by Gasteiger charge is 2.51. The number of nitrogens with zero attached hydrogens (tertiary/aromatic N) is 1. The maximum atomic E-state index is 10.7. The fourth-order valence-corrected chi connectivity index (χ4v) is 4.43. The smallest absolute Gasteiger partial charge is 0.293 e. The molecule has 126 valence electrons. The number of likely N-dealkylation sites (tertiary alicyclic amines) is 1. The molecule has 0 amide bonds. The minimum absolute atomic E-state index is 0.0336. The van der Waals surface area contributed by atoms with Gasteiger partial charge in [-0.05, 0) is 50.6 Å². The molecule has 1 saturated carbocycles. The maximum Gasteiger partial charge on any atom is 0.293 e. The van der Waals surface area contributed by atoms with Crippen LogP contribution >= 0.6 is 0 Å². The van der Waals surface area contributed by atoms with E-state index in [1.54, 1.807) is 14.2 Å². The molecule has 0 radical (unpaired) electrons. The van der Waals surface area contributed by atoms with Crippen LogP contribution in [-0.4, -0.2) is 51.3 Å². The number of hydrogen-bond acceptors (Lipinski definition) is 5. The van der Waals surface area contributed by atoms with Crippen LogP contribution in [0.25, 0.3) is 0 Å². The molecule has 0 aromatic heterocycles. The summed E-state index contributed by atoms with van der Waals surface area (Å²) in [5.74, 6) is 1.53. The molecule has 2 fully saturated rings. The first-order valence-corrected chi connectivity index (χ1v) is 8.16. The number of carbonyl (C=O) groups excluding carboxylic acids is 1. The zero-order valence-electron chi connectivity index (χ0n) is 14.1. The Morgan fingerprint density at radius 2 is 2.00 bits per heavy atom.